The molecule has 4 saturated carbocycles. The molecule has 5 aliphatic rings. The highest BCUT2D eigenvalue weighted by atomic mass is 16.6. The van der Waals surface area contributed by atoms with E-state index < -0.39 is 0 Å². The zero-order valence-corrected chi connectivity index (χ0v) is 22.8. The lowest BCUT2D eigenvalue weighted by atomic mass is 9.41. The molecule has 0 bridgehead atoms. The summed E-state index contributed by atoms with van der Waals surface area (Å²) in [6.07, 6.45) is 11.6. The van der Waals surface area contributed by atoms with Crippen LogP contribution >= 0.6 is 0 Å². The van der Waals surface area contributed by atoms with Gasteiger partial charge in [-0.3, -0.25) is 0 Å². The number of carbonyl (C=O) groups is 1. The summed E-state index contributed by atoms with van der Waals surface area (Å²) in [7, 11) is 0. The second-order valence-electron chi connectivity index (χ2n) is 13.7. The first-order valence-electron chi connectivity index (χ1n) is 15.0. The van der Waals surface area contributed by atoms with Crippen LogP contribution in [0.3, 0.4) is 0 Å². The molecule has 2 unspecified atom stereocenters. The number of nitrogens with zero attached hydrogens (tertiary/aromatic N) is 1. The van der Waals surface area contributed by atoms with Crippen molar-refractivity contribution in [2.45, 2.75) is 111 Å². The van der Waals surface area contributed by atoms with Gasteiger partial charge in [0.05, 0.1) is 18.8 Å². The molecule has 1 saturated heterocycles. The van der Waals surface area contributed by atoms with Gasteiger partial charge in [-0.25, -0.2) is 4.79 Å². The van der Waals surface area contributed by atoms with Gasteiger partial charge in [0.2, 0.25) is 0 Å². The van der Waals surface area contributed by atoms with Crippen LogP contribution in [0.15, 0.2) is 0 Å². The highest BCUT2D eigenvalue weighted by Crippen LogP contribution is 2.69. The first-order valence-corrected chi connectivity index (χ1v) is 15.0. The summed E-state index contributed by atoms with van der Waals surface area (Å²) in [4.78, 5) is 14.5. The van der Waals surface area contributed by atoms with E-state index >= 15 is 0 Å². The fourth-order valence-corrected chi connectivity index (χ4v) is 10.4. The predicted molar refractivity (Wildman–Crippen MR) is 138 cm³/mol. The van der Waals surface area contributed by atoms with Crippen molar-refractivity contribution in [3.05, 3.63) is 0 Å². The van der Waals surface area contributed by atoms with E-state index in [9.17, 15) is 15.0 Å². The first kappa shape index (κ1) is 25.8. The number of amides is 1. The van der Waals surface area contributed by atoms with Crippen molar-refractivity contribution in [2.24, 2.45) is 52.3 Å². The number of aliphatic hydroxyl groups excluding tert-OH is 2. The van der Waals surface area contributed by atoms with Crippen molar-refractivity contribution < 1.29 is 19.7 Å². The monoisotopic (exact) mass is 489 g/mol. The number of ether oxygens (including phenoxy) is 1. The van der Waals surface area contributed by atoms with Gasteiger partial charge < -0.3 is 19.8 Å². The Morgan fingerprint density at radius 3 is 2.37 bits per heavy atom. The van der Waals surface area contributed by atoms with E-state index in [1.54, 1.807) is 0 Å². The molecule has 0 aromatic heterocycles. The molecule has 11 atom stereocenters. The number of rotatable bonds is 4. The molecule has 5 heteroatoms. The lowest BCUT2D eigenvalue weighted by Crippen LogP contribution is -2.62. The SMILES string of the molecule is CC[C@@H]1C2C[C@H](O)CC[C@]2(C)[C@H]2CC[C@]3(C)[C@@H]([C@H](C)COC(=O)N4CCCCC4)CC[C@H]3C2[C@@H]1O. The highest BCUT2D eigenvalue weighted by Gasteiger charge is 2.64. The molecule has 5 fully saturated rings. The summed E-state index contributed by atoms with van der Waals surface area (Å²) >= 11 is 0. The quantitative estimate of drug-likeness (QED) is 0.518. The molecule has 0 radical (unpaired) electrons. The van der Waals surface area contributed by atoms with Crippen LogP contribution in [0, 0.1) is 52.3 Å². The number of hydrogen-bond donors (Lipinski definition) is 2. The second-order valence-corrected chi connectivity index (χ2v) is 13.7. The lowest BCUT2D eigenvalue weighted by molar-refractivity contribution is -0.203. The van der Waals surface area contributed by atoms with Crippen LogP contribution in [0.25, 0.3) is 0 Å². The second kappa shape index (κ2) is 9.82. The molecule has 200 valence electrons. The number of fused-ring (bicyclic) bond motifs is 5. The Labute approximate surface area is 213 Å². The zero-order chi connectivity index (χ0) is 25.0. The summed E-state index contributed by atoms with van der Waals surface area (Å²) in [5, 5.41) is 22.4. The molecular weight excluding hydrogens is 438 g/mol. The van der Waals surface area contributed by atoms with Crippen LogP contribution in [0.1, 0.15) is 98.3 Å². The first-order chi connectivity index (χ1) is 16.7. The molecule has 5 nitrogen and oxygen atoms in total. The van der Waals surface area contributed by atoms with Crippen LogP contribution in [-0.4, -0.2) is 53.1 Å². The fourth-order valence-electron chi connectivity index (χ4n) is 10.4. The maximum absolute atomic E-state index is 12.6. The average Bonchev–Trinajstić information content (AvgIpc) is 3.21. The van der Waals surface area contributed by atoms with E-state index in [4.69, 9.17) is 4.74 Å². The molecule has 1 amide bonds. The molecule has 0 aromatic rings. The topological polar surface area (TPSA) is 70.0 Å². The largest absolute Gasteiger partial charge is 0.449 e. The van der Waals surface area contributed by atoms with Crippen molar-refractivity contribution in [3.8, 4) is 0 Å². The van der Waals surface area contributed by atoms with Gasteiger partial charge in [-0.1, -0.05) is 34.1 Å². The summed E-state index contributed by atoms with van der Waals surface area (Å²) < 4.78 is 5.85. The molecule has 1 aliphatic heterocycles. The number of hydrogen-bond acceptors (Lipinski definition) is 4. The van der Waals surface area contributed by atoms with Gasteiger partial charge in [-0.05, 0) is 116 Å². The van der Waals surface area contributed by atoms with Gasteiger partial charge in [0.15, 0.2) is 0 Å². The Bertz CT molecular complexity index is 767. The van der Waals surface area contributed by atoms with Crippen molar-refractivity contribution in [3.63, 3.8) is 0 Å². The third kappa shape index (κ3) is 4.25. The minimum atomic E-state index is -0.246. The highest BCUT2D eigenvalue weighted by molar-refractivity contribution is 5.67. The Morgan fingerprint density at radius 2 is 1.66 bits per heavy atom. The van der Waals surface area contributed by atoms with Crippen LogP contribution < -0.4 is 0 Å². The fraction of sp³-hybridized carbons (Fsp3) is 0.967. The number of aliphatic hydroxyl groups is 2. The van der Waals surface area contributed by atoms with Crippen LogP contribution in [-0.2, 0) is 4.74 Å². The van der Waals surface area contributed by atoms with Gasteiger partial charge in [-0.15, -0.1) is 0 Å². The standard InChI is InChI=1S/C30H51NO4/c1-5-21-25-17-20(32)11-13-30(25,4)24-12-14-29(3)22(9-10-23(29)26(24)27(21)33)19(2)18-35-28(34)31-15-7-6-8-16-31/h19-27,32-33H,5-18H2,1-4H3/t19-,20-,21-,22-,23+,24+,25?,26?,27-,29-,30-/m1/s1. The molecule has 0 spiro atoms. The molecule has 35 heavy (non-hydrogen) atoms. The Hall–Kier alpha value is -0.810. The molecule has 1 heterocycles. The molecule has 0 aromatic carbocycles. The average molecular weight is 490 g/mol. The summed E-state index contributed by atoms with van der Waals surface area (Å²) in [6.45, 7) is 11.7. The summed E-state index contributed by atoms with van der Waals surface area (Å²) in [6, 6.07) is 0. The van der Waals surface area contributed by atoms with Gasteiger partial charge in [0, 0.05) is 13.1 Å². The number of piperidine rings is 1. The van der Waals surface area contributed by atoms with E-state index in [1.165, 1.54) is 32.1 Å². The predicted octanol–water partition coefficient (Wildman–Crippen LogP) is 5.87. The van der Waals surface area contributed by atoms with E-state index in [0.29, 0.717) is 48.0 Å². The van der Waals surface area contributed by atoms with Gasteiger partial charge in [-0.2, -0.15) is 0 Å². The minimum Gasteiger partial charge on any atom is -0.449 e. The number of likely N-dealkylation sites (tertiary alicyclic amines) is 1. The van der Waals surface area contributed by atoms with Crippen molar-refractivity contribution in [2.75, 3.05) is 19.7 Å². The smallest absolute Gasteiger partial charge is 0.409 e. The van der Waals surface area contributed by atoms with Crippen LogP contribution in [0.2, 0.25) is 0 Å². The van der Waals surface area contributed by atoms with Crippen molar-refractivity contribution in [1.29, 1.82) is 0 Å². The molecule has 5 rings (SSSR count). The lowest BCUT2D eigenvalue weighted by Gasteiger charge is -2.64. The van der Waals surface area contributed by atoms with E-state index in [-0.39, 0.29) is 29.1 Å². The van der Waals surface area contributed by atoms with Gasteiger partial charge >= 0.3 is 6.09 Å². The van der Waals surface area contributed by atoms with E-state index in [1.807, 2.05) is 4.90 Å². The molecule has 4 aliphatic carbocycles. The third-order valence-electron chi connectivity index (χ3n) is 12.2. The Balaban J connectivity index is 1.31. The maximum atomic E-state index is 12.6. The van der Waals surface area contributed by atoms with Gasteiger partial charge in [0.25, 0.3) is 0 Å². The van der Waals surface area contributed by atoms with Crippen LogP contribution in [0.4, 0.5) is 4.79 Å². The Kier molecular flexibility index (Phi) is 7.24. The minimum absolute atomic E-state index is 0.119. The third-order valence-corrected chi connectivity index (χ3v) is 12.2. The molecular formula is C30H51NO4. The van der Waals surface area contributed by atoms with E-state index in [2.05, 4.69) is 27.7 Å². The zero-order valence-electron chi connectivity index (χ0n) is 22.8. The Morgan fingerprint density at radius 1 is 0.971 bits per heavy atom. The normalized spacial score (nSPS) is 48.5. The number of carbonyl (C=O) groups excluding carboxylic acids is 1. The molecule has 2 N–H and O–H groups in total. The van der Waals surface area contributed by atoms with E-state index in [0.717, 1.165) is 51.6 Å². The van der Waals surface area contributed by atoms with Crippen molar-refractivity contribution in [1.82, 2.24) is 4.90 Å². The van der Waals surface area contributed by atoms with Crippen LogP contribution in [0.5, 0.6) is 0 Å². The maximum Gasteiger partial charge on any atom is 0.409 e. The summed E-state index contributed by atoms with van der Waals surface area (Å²) in [5.41, 5.74) is 0.466. The van der Waals surface area contributed by atoms with Gasteiger partial charge in [0.1, 0.15) is 0 Å². The summed E-state index contributed by atoms with van der Waals surface area (Å²) in [5.74, 6) is 3.16. The van der Waals surface area contributed by atoms with Crippen molar-refractivity contribution >= 4 is 6.09 Å².